The van der Waals surface area contributed by atoms with Crippen molar-refractivity contribution in [2.75, 3.05) is 45.9 Å². The van der Waals surface area contributed by atoms with Crippen LogP contribution in [0.3, 0.4) is 0 Å². The maximum absolute atomic E-state index is 12.4. The minimum Gasteiger partial charge on any atom is -0.396 e. The van der Waals surface area contributed by atoms with Gasteiger partial charge < -0.3 is 10.0 Å². The van der Waals surface area contributed by atoms with Gasteiger partial charge in [-0.15, -0.1) is 0 Å². The van der Waals surface area contributed by atoms with Gasteiger partial charge in [0, 0.05) is 26.2 Å². The van der Waals surface area contributed by atoms with Crippen LogP contribution in [0, 0.1) is 5.92 Å². The van der Waals surface area contributed by atoms with Crippen LogP contribution in [0.15, 0.2) is 0 Å². The largest absolute Gasteiger partial charge is 0.401 e. The lowest BCUT2D eigenvalue weighted by atomic mass is 9.99. The Bertz CT molecular complexity index is 241. The minimum absolute atomic E-state index is 0.0599. The fourth-order valence-corrected chi connectivity index (χ4v) is 2.39. The van der Waals surface area contributed by atoms with E-state index in [9.17, 15) is 13.2 Å². The molecule has 0 aliphatic carbocycles. The van der Waals surface area contributed by atoms with Crippen molar-refractivity contribution in [2.45, 2.75) is 32.4 Å². The Morgan fingerprint density at radius 2 is 1.84 bits per heavy atom. The molecule has 0 aromatic heterocycles. The van der Waals surface area contributed by atoms with Crippen molar-refractivity contribution in [1.29, 1.82) is 0 Å². The highest BCUT2D eigenvalue weighted by atomic mass is 19.4. The Kier molecular flexibility index (Phi) is 7.10. The van der Waals surface area contributed by atoms with E-state index in [1.165, 1.54) is 4.90 Å². The third-order valence-corrected chi connectivity index (χ3v) is 3.64. The van der Waals surface area contributed by atoms with Gasteiger partial charge in [-0.25, -0.2) is 0 Å². The predicted molar refractivity (Wildman–Crippen MR) is 69.0 cm³/mol. The van der Waals surface area contributed by atoms with Crippen LogP contribution < -0.4 is 0 Å². The Morgan fingerprint density at radius 1 is 1.21 bits per heavy atom. The number of hydrogen-bond acceptors (Lipinski definition) is 3. The summed E-state index contributed by atoms with van der Waals surface area (Å²) in [7, 11) is 0. The third kappa shape index (κ3) is 7.74. The molecule has 0 amide bonds. The van der Waals surface area contributed by atoms with Crippen molar-refractivity contribution in [3.8, 4) is 0 Å². The average molecular weight is 282 g/mol. The molecular formula is C13H25F3N2O. The second-order valence-corrected chi connectivity index (χ2v) is 5.49. The Balaban J connectivity index is 2.30. The van der Waals surface area contributed by atoms with Crippen LogP contribution in [0.2, 0.25) is 0 Å². The van der Waals surface area contributed by atoms with Crippen LogP contribution in [-0.4, -0.2) is 67.0 Å². The van der Waals surface area contributed by atoms with Gasteiger partial charge in [-0.1, -0.05) is 6.92 Å². The summed E-state index contributed by atoms with van der Waals surface area (Å²) in [5, 5.41) is 8.74. The number of halogens is 3. The zero-order chi connectivity index (χ0) is 14.3. The van der Waals surface area contributed by atoms with Crippen molar-refractivity contribution in [1.82, 2.24) is 9.80 Å². The molecule has 3 nitrogen and oxygen atoms in total. The fraction of sp³-hybridized carbons (Fsp3) is 1.00. The fourth-order valence-electron chi connectivity index (χ4n) is 2.39. The number of aliphatic hydroxyl groups is 1. The highest BCUT2D eigenvalue weighted by Gasteiger charge is 2.30. The number of rotatable bonds is 7. The highest BCUT2D eigenvalue weighted by Crippen LogP contribution is 2.18. The van der Waals surface area contributed by atoms with E-state index in [1.807, 2.05) is 0 Å². The van der Waals surface area contributed by atoms with Gasteiger partial charge in [-0.05, 0) is 38.3 Å². The first kappa shape index (κ1) is 16.7. The van der Waals surface area contributed by atoms with Gasteiger partial charge in [0.25, 0.3) is 0 Å². The average Bonchev–Trinajstić information content (AvgIpc) is 2.33. The van der Waals surface area contributed by atoms with Crippen molar-refractivity contribution >= 4 is 0 Å². The summed E-state index contributed by atoms with van der Waals surface area (Å²) < 4.78 is 37.3. The summed E-state index contributed by atoms with van der Waals surface area (Å²) in [6, 6.07) is 0. The van der Waals surface area contributed by atoms with E-state index in [0.717, 1.165) is 31.8 Å². The lowest BCUT2D eigenvalue weighted by Gasteiger charge is -2.32. The van der Waals surface area contributed by atoms with Gasteiger partial charge >= 0.3 is 6.18 Å². The van der Waals surface area contributed by atoms with Crippen LogP contribution in [0.1, 0.15) is 26.2 Å². The number of hydrogen-bond donors (Lipinski definition) is 1. The molecule has 114 valence electrons. The highest BCUT2D eigenvalue weighted by molar-refractivity contribution is 4.72. The van der Waals surface area contributed by atoms with E-state index in [2.05, 4.69) is 11.8 Å². The van der Waals surface area contributed by atoms with Gasteiger partial charge in [0.1, 0.15) is 0 Å². The summed E-state index contributed by atoms with van der Waals surface area (Å²) in [6.45, 7) is 4.67. The van der Waals surface area contributed by atoms with Gasteiger partial charge in [0.2, 0.25) is 0 Å². The van der Waals surface area contributed by atoms with E-state index in [4.69, 9.17) is 5.11 Å². The molecule has 0 unspecified atom stereocenters. The van der Waals surface area contributed by atoms with Gasteiger partial charge in [-0.3, -0.25) is 4.90 Å². The zero-order valence-corrected chi connectivity index (χ0v) is 11.6. The molecular weight excluding hydrogens is 257 g/mol. The molecule has 0 saturated carbocycles. The normalized spacial score (nSPS) is 19.3. The lowest BCUT2D eigenvalue weighted by Crippen LogP contribution is -2.42. The molecule has 0 aromatic carbocycles. The molecule has 1 N–H and O–H groups in total. The van der Waals surface area contributed by atoms with E-state index >= 15 is 0 Å². The summed E-state index contributed by atoms with van der Waals surface area (Å²) in [6.07, 6.45) is -1.50. The van der Waals surface area contributed by atoms with E-state index in [-0.39, 0.29) is 6.61 Å². The summed E-state index contributed by atoms with van der Waals surface area (Å²) in [4.78, 5) is 3.64. The van der Waals surface area contributed by atoms with Crippen molar-refractivity contribution in [3.63, 3.8) is 0 Å². The molecule has 6 heteroatoms. The predicted octanol–water partition coefficient (Wildman–Crippen LogP) is 1.97. The first-order valence-corrected chi connectivity index (χ1v) is 7.03. The van der Waals surface area contributed by atoms with Crippen LogP contribution in [-0.2, 0) is 0 Å². The van der Waals surface area contributed by atoms with Crippen LogP contribution >= 0.6 is 0 Å². The number of likely N-dealkylation sites (tertiary alicyclic amines) is 1. The van der Waals surface area contributed by atoms with Crippen LogP contribution in [0.25, 0.3) is 0 Å². The smallest absolute Gasteiger partial charge is 0.396 e. The molecule has 1 rings (SSSR count). The molecule has 1 fully saturated rings. The standard InChI is InChI=1S/C13H25F3N2O/c1-12-3-6-17(7-4-12)8-9-18(5-2-10-19)11-13(14,15)16/h12,19H,2-11H2,1H3. The number of aliphatic hydroxyl groups excluding tert-OH is 1. The Hall–Kier alpha value is -0.330. The Labute approximate surface area is 113 Å². The van der Waals surface area contributed by atoms with Crippen molar-refractivity contribution in [3.05, 3.63) is 0 Å². The molecule has 0 bridgehead atoms. The summed E-state index contributed by atoms with van der Waals surface area (Å²) >= 11 is 0. The first-order valence-electron chi connectivity index (χ1n) is 7.03. The van der Waals surface area contributed by atoms with Gasteiger partial charge in [0.05, 0.1) is 6.54 Å². The monoisotopic (exact) mass is 282 g/mol. The molecule has 0 radical (unpaired) electrons. The number of alkyl halides is 3. The van der Waals surface area contributed by atoms with Crippen LogP contribution in [0.5, 0.6) is 0 Å². The summed E-state index contributed by atoms with van der Waals surface area (Å²) in [5.74, 6) is 0.733. The molecule has 1 saturated heterocycles. The zero-order valence-electron chi connectivity index (χ0n) is 11.6. The van der Waals surface area contributed by atoms with Crippen molar-refractivity contribution < 1.29 is 18.3 Å². The quantitative estimate of drug-likeness (QED) is 0.773. The molecule has 19 heavy (non-hydrogen) atoms. The van der Waals surface area contributed by atoms with E-state index < -0.39 is 12.7 Å². The molecule has 0 spiro atoms. The third-order valence-electron chi connectivity index (χ3n) is 3.64. The summed E-state index contributed by atoms with van der Waals surface area (Å²) in [5.41, 5.74) is 0. The maximum atomic E-state index is 12.4. The van der Waals surface area contributed by atoms with Crippen LogP contribution in [0.4, 0.5) is 13.2 Å². The van der Waals surface area contributed by atoms with Crippen molar-refractivity contribution in [2.24, 2.45) is 5.92 Å². The molecule has 1 aliphatic rings. The molecule has 1 aliphatic heterocycles. The second kappa shape index (κ2) is 8.07. The number of nitrogens with zero attached hydrogens (tertiary/aromatic N) is 2. The Morgan fingerprint density at radius 3 is 2.37 bits per heavy atom. The molecule has 1 heterocycles. The SMILES string of the molecule is CC1CCN(CCN(CCCO)CC(F)(F)F)CC1. The second-order valence-electron chi connectivity index (χ2n) is 5.49. The molecule has 0 atom stereocenters. The minimum atomic E-state index is -4.16. The number of piperidine rings is 1. The lowest BCUT2D eigenvalue weighted by molar-refractivity contribution is -0.146. The first-order chi connectivity index (χ1) is 8.90. The maximum Gasteiger partial charge on any atom is 0.401 e. The van der Waals surface area contributed by atoms with E-state index in [1.54, 1.807) is 0 Å². The van der Waals surface area contributed by atoms with E-state index in [0.29, 0.717) is 26.1 Å². The van der Waals surface area contributed by atoms with Gasteiger partial charge in [0.15, 0.2) is 0 Å². The van der Waals surface area contributed by atoms with Gasteiger partial charge in [-0.2, -0.15) is 13.2 Å². The molecule has 0 aromatic rings. The topological polar surface area (TPSA) is 26.7 Å².